The fourth-order valence-corrected chi connectivity index (χ4v) is 1.59. The molecule has 0 amide bonds. The lowest BCUT2D eigenvalue weighted by Gasteiger charge is -2.11. The van der Waals surface area contributed by atoms with Crippen LogP contribution in [0.2, 0.25) is 0 Å². The van der Waals surface area contributed by atoms with Crippen molar-refractivity contribution in [3.63, 3.8) is 0 Å². The van der Waals surface area contributed by atoms with Crippen LogP contribution in [0.3, 0.4) is 0 Å². The van der Waals surface area contributed by atoms with Gasteiger partial charge in [-0.15, -0.1) is 0 Å². The molecule has 1 aliphatic rings. The highest BCUT2D eigenvalue weighted by molar-refractivity contribution is 5.42. The van der Waals surface area contributed by atoms with E-state index in [4.69, 9.17) is 4.74 Å². The first kappa shape index (κ1) is 8.57. The van der Waals surface area contributed by atoms with E-state index in [9.17, 15) is 0 Å². The summed E-state index contributed by atoms with van der Waals surface area (Å²) in [5.41, 5.74) is 1.18. The second kappa shape index (κ2) is 4.28. The van der Waals surface area contributed by atoms with E-state index < -0.39 is 0 Å². The van der Waals surface area contributed by atoms with Gasteiger partial charge in [-0.05, 0) is 25.0 Å². The fourth-order valence-electron chi connectivity index (χ4n) is 1.59. The monoisotopic (exact) mass is 177 g/mol. The number of rotatable bonds is 3. The van der Waals surface area contributed by atoms with Crippen molar-refractivity contribution >= 4 is 5.69 Å². The second-order valence-electron chi connectivity index (χ2n) is 3.38. The molecule has 2 rings (SSSR count). The van der Waals surface area contributed by atoms with Gasteiger partial charge in [0.15, 0.2) is 0 Å². The molecule has 1 aromatic carbocycles. The maximum Gasteiger partial charge on any atom is 0.0748 e. The molecule has 1 aliphatic heterocycles. The molecule has 1 saturated heterocycles. The van der Waals surface area contributed by atoms with Crippen molar-refractivity contribution in [2.24, 2.45) is 0 Å². The number of benzene rings is 1. The minimum Gasteiger partial charge on any atom is -0.382 e. The molecule has 1 fully saturated rings. The predicted octanol–water partition coefficient (Wildman–Crippen LogP) is 2.28. The molecule has 13 heavy (non-hydrogen) atoms. The first-order chi connectivity index (χ1) is 6.45. The Labute approximate surface area is 78.9 Å². The number of ether oxygens (including phenoxy) is 1. The molecule has 1 heterocycles. The van der Waals surface area contributed by atoms with Gasteiger partial charge < -0.3 is 10.1 Å². The Kier molecular flexibility index (Phi) is 2.82. The number of anilines is 1. The van der Waals surface area contributed by atoms with E-state index in [0.29, 0.717) is 6.10 Å². The Morgan fingerprint density at radius 3 is 2.85 bits per heavy atom. The summed E-state index contributed by atoms with van der Waals surface area (Å²) in [6, 6.07) is 10.3. The topological polar surface area (TPSA) is 21.3 Å². The third-order valence-corrected chi connectivity index (χ3v) is 2.33. The predicted molar refractivity (Wildman–Crippen MR) is 53.9 cm³/mol. The lowest BCUT2D eigenvalue weighted by atomic mass is 10.2. The van der Waals surface area contributed by atoms with Gasteiger partial charge in [0, 0.05) is 18.8 Å². The van der Waals surface area contributed by atoms with Crippen LogP contribution in [0.1, 0.15) is 12.8 Å². The first-order valence-electron chi connectivity index (χ1n) is 4.86. The van der Waals surface area contributed by atoms with Crippen molar-refractivity contribution in [2.45, 2.75) is 18.9 Å². The lowest BCUT2D eigenvalue weighted by molar-refractivity contribution is 0.120. The molecule has 1 aromatic rings. The van der Waals surface area contributed by atoms with Crippen molar-refractivity contribution < 1.29 is 4.74 Å². The van der Waals surface area contributed by atoms with Crippen molar-refractivity contribution in [3.8, 4) is 0 Å². The van der Waals surface area contributed by atoms with Crippen LogP contribution >= 0.6 is 0 Å². The third-order valence-electron chi connectivity index (χ3n) is 2.33. The van der Waals surface area contributed by atoms with Crippen LogP contribution in [-0.2, 0) is 4.74 Å². The third kappa shape index (κ3) is 2.46. The van der Waals surface area contributed by atoms with Gasteiger partial charge in [0.1, 0.15) is 0 Å². The van der Waals surface area contributed by atoms with E-state index in [-0.39, 0.29) is 0 Å². The highest BCUT2D eigenvalue weighted by atomic mass is 16.5. The fraction of sp³-hybridized carbons (Fsp3) is 0.455. The summed E-state index contributed by atoms with van der Waals surface area (Å²) in [5.74, 6) is 0. The molecule has 1 N–H and O–H groups in total. The second-order valence-corrected chi connectivity index (χ2v) is 3.38. The summed E-state index contributed by atoms with van der Waals surface area (Å²) >= 11 is 0. The summed E-state index contributed by atoms with van der Waals surface area (Å²) in [7, 11) is 0. The average Bonchev–Trinajstić information content (AvgIpc) is 2.69. The van der Waals surface area contributed by atoms with Gasteiger partial charge in [-0.3, -0.25) is 0 Å². The molecule has 0 spiro atoms. The van der Waals surface area contributed by atoms with Crippen LogP contribution in [0.25, 0.3) is 0 Å². The van der Waals surface area contributed by atoms with Crippen LogP contribution in [0.5, 0.6) is 0 Å². The Bertz CT molecular complexity index is 242. The minimum absolute atomic E-state index is 0.417. The van der Waals surface area contributed by atoms with Crippen LogP contribution in [0.15, 0.2) is 30.3 Å². The molecule has 0 bridgehead atoms. The van der Waals surface area contributed by atoms with Crippen LogP contribution < -0.4 is 5.32 Å². The largest absolute Gasteiger partial charge is 0.382 e. The highest BCUT2D eigenvalue weighted by Crippen LogP contribution is 2.13. The molecule has 70 valence electrons. The zero-order chi connectivity index (χ0) is 8.93. The summed E-state index contributed by atoms with van der Waals surface area (Å²) in [5, 5.41) is 3.36. The molecule has 0 unspecified atom stereocenters. The lowest BCUT2D eigenvalue weighted by Crippen LogP contribution is -2.18. The van der Waals surface area contributed by atoms with E-state index in [2.05, 4.69) is 17.4 Å². The van der Waals surface area contributed by atoms with E-state index in [1.54, 1.807) is 0 Å². The summed E-state index contributed by atoms with van der Waals surface area (Å²) in [6.07, 6.45) is 2.82. The van der Waals surface area contributed by atoms with Crippen molar-refractivity contribution in [2.75, 3.05) is 18.5 Å². The normalized spacial score (nSPS) is 21.7. The van der Waals surface area contributed by atoms with Crippen LogP contribution in [-0.4, -0.2) is 19.3 Å². The number of para-hydroxylation sites is 1. The summed E-state index contributed by atoms with van der Waals surface area (Å²) in [6.45, 7) is 1.87. The summed E-state index contributed by atoms with van der Waals surface area (Å²) < 4.78 is 5.51. The molecule has 2 nitrogen and oxygen atoms in total. The molecule has 1 atom stereocenters. The van der Waals surface area contributed by atoms with E-state index in [0.717, 1.165) is 13.2 Å². The van der Waals surface area contributed by atoms with Crippen LogP contribution in [0.4, 0.5) is 5.69 Å². The minimum atomic E-state index is 0.417. The van der Waals surface area contributed by atoms with Gasteiger partial charge in [-0.1, -0.05) is 18.2 Å². The van der Waals surface area contributed by atoms with Gasteiger partial charge in [0.2, 0.25) is 0 Å². The number of nitrogens with one attached hydrogen (secondary N) is 1. The molecule has 0 aliphatic carbocycles. The Hall–Kier alpha value is -1.02. The summed E-state index contributed by atoms with van der Waals surface area (Å²) in [4.78, 5) is 0. The Morgan fingerprint density at radius 1 is 1.31 bits per heavy atom. The highest BCUT2D eigenvalue weighted by Gasteiger charge is 2.14. The standard InChI is InChI=1S/C11H15NO/c1-2-5-10(6-3-1)12-9-11-7-4-8-13-11/h1-3,5-6,11-12H,4,7-9H2/t11-/m0/s1. The zero-order valence-electron chi connectivity index (χ0n) is 7.70. The smallest absolute Gasteiger partial charge is 0.0748 e. The maximum absolute atomic E-state index is 5.51. The number of hydrogen-bond acceptors (Lipinski definition) is 2. The number of hydrogen-bond donors (Lipinski definition) is 1. The molecule has 0 radical (unpaired) electrons. The SMILES string of the molecule is c1ccc(NC[C@@H]2CCCO2)cc1. The molecule has 0 saturated carbocycles. The molecular weight excluding hydrogens is 162 g/mol. The van der Waals surface area contributed by atoms with Crippen molar-refractivity contribution in [1.82, 2.24) is 0 Å². The van der Waals surface area contributed by atoms with E-state index >= 15 is 0 Å². The molecule has 0 aromatic heterocycles. The van der Waals surface area contributed by atoms with Gasteiger partial charge in [0.25, 0.3) is 0 Å². The van der Waals surface area contributed by atoms with Gasteiger partial charge >= 0.3 is 0 Å². The van der Waals surface area contributed by atoms with Crippen molar-refractivity contribution in [1.29, 1.82) is 0 Å². The Balaban J connectivity index is 1.79. The zero-order valence-corrected chi connectivity index (χ0v) is 7.70. The quantitative estimate of drug-likeness (QED) is 0.764. The van der Waals surface area contributed by atoms with E-state index in [1.807, 2.05) is 18.2 Å². The van der Waals surface area contributed by atoms with Crippen LogP contribution in [0, 0.1) is 0 Å². The average molecular weight is 177 g/mol. The van der Waals surface area contributed by atoms with Crippen molar-refractivity contribution in [3.05, 3.63) is 30.3 Å². The molecule has 2 heteroatoms. The first-order valence-corrected chi connectivity index (χ1v) is 4.86. The Morgan fingerprint density at radius 2 is 2.15 bits per heavy atom. The van der Waals surface area contributed by atoms with Gasteiger partial charge in [-0.2, -0.15) is 0 Å². The van der Waals surface area contributed by atoms with E-state index in [1.165, 1.54) is 18.5 Å². The van der Waals surface area contributed by atoms with Gasteiger partial charge in [-0.25, -0.2) is 0 Å². The maximum atomic E-state index is 5.51. The molecular formula is C11H15NO. The van der Waals surface area contributed by atoms with Gasteiger partial charge in [0.05, 0.1) is 6.10 Å².